The summed E-state index contributed by atoms with van der Waals surface area (Å²) in [6.07, 6.45) is 7.16. The van der Waals surface area contributed by atoms with E-state index >= 15 is 0 Å². The van der Waals surface area contributed by atoms with Gasteiger partial charge in [-0.05, 0) is 37.3 Å². The summed E-state index contributed by atoms with van der Waals surface area (Å²) in [5.41, 5.74) is 2.23. The summed E-state index contributed by atoms with van der Waals surface area (Å²) in [6.45, 7) is 1.66. The minimum Gasteiger partial charge on any atom is -0.340 e. The van der Waals surface area contributed by atoms with Crippen molar-refractivity contribution in [3.8, 4) is 0 Å². The average molecular weight is 388 g/mol. The Balaban J connectivity index is 1.56. The number of nitrogens with zero attached hydrogens (tertiary/aromatic N) is 2. The number of nitrogens with one attached hydrogen (secondary N) is 1. The maximum Gasteiger partial charge on any atom is 0.318 e. The smallest absolute Gasteiger partial charge is 0.318 e. The molecule has 0 aromatic heterocycles. The van der Waals surface area contributed by atoms with E-state index in [0.29, 0.717) is 26.1 Å². The van der Waals surface area contributed by atoms with Crippen LogP contribution in [0.5, 0.6) is 0 Å². The Morgan fingerprint density at radius 2 is 2.00 bits per heavy atom. The number of allylic oxidation sites excluding steroid dienone is 3. The second-order valence-electron chi connectivity index (χ2n) is 7.13. The van der Waals surface area contributed by atoms with Crippen molar-refractivity contribution in [1.82, 2.24) is 15.1 Å². The first-order valence-electron chi connectivity index (χ1n) is 9.42. The number of amides is 3. The maximum absolute atomic E-state index is 12.9. The number of hydrogen-bond donors (Lipinski definition) is 1. The van der Waals surface area contributed by atoms with Gasteiger partial charge < -0.3 is 15.1 Å². The van der Waals surface area contributed by atoms with Crippen molar-refractivity contribution in [1.29, 1.82) is 0 Å². The van der Waals surface area contributed by atoms with Crippen molar-refractivity contribution in [2.75, 3.05) is 20.1 Å². The standard InChI is InChI=1S/C21H26ClN3O2/c1-24(15-17-9-11-18(22)12-10-17)20(26)19-8-5-13-25(19)21(27)23-14-16-6-3-2-4-7-16/h2-4,6-7,9,11,19H,5,8,10,12-15H2,1H3,(H,23,27)/t19-/m1/s1. The molecule has 3 amide bonds. The fraction of sp³-hybridized carbons (Fsp3) is 0.429. The molecule has 6 heteroatoms. The molecule has 1 atom stereocenters. The molecule has 0 saturated carbocycles. The first-order valence-corrected chi connectivity index (χ1v) is 9.80. The van der Waals surface area contributed by atoms with Gasteiger partial charge in [0.15, 0.2) is 0 Å². The van der Waals surface area contributed by atoms with Gasteiger partial charge in [-0.1, -0.05) is 53.6 Å². The van der Waals surface area contributed by atoms with Crippen LogP contribution in [0.15, 0.2) is 53.1 Å². The van der Waals surface area contributed by atoms with Gasteiger partial charge in [-0.2, -0.15) is 0 Å². The highest BCUT2D eigenvalue weighted by atomic mass is 35.5. The lowest BCUT2D eigenvalue weighted by Gasteiger charge is -2.29. The number of carbonyl (C=O) groups excluding carboxylic acids is 2. The van der Waals surface area contributed by atoms with Crippen LogP contribution in [0.25, 0.3) is 0 Å². The highest BCUT2D eigenvalue weighted by molar-refractivity contribution is 6.29. The van der Waals surface area contributed by atoms with E-state index in [1.54, 1.807) is 9.80 Å². The minimum absolute atomic E-state index is 0.00362. The van der Waals surface area contributed by atoms with Crippen molar-refractivity contribution in [2.24, 2.45) is 0 Å². The third-order valence-corrected chi connectivity index (χ3v) is 5.40. The van der Waals surface area contributed by atoms with Crippen molar-refractivity contribution in [2.45, 2.75) is 38.3 Å². The monoisotopic (exact) mass is 387 g/mol. The number of hydrogen-bond acceptors (Lipinski definition) is 2. The van der Waals surface area contributed by atoms with E-state index in [2.05, 4.69) is 5.32 Å². The van der Waals surface area contributed by atoms with Gasteiger partial charge in [-0.3, -0.25) is 4.79 Å². The molecule has 0 bridgehead atoms. The van der Waals surface area contributed by atoms with Gasteiger partial charge >= 0.3 is 6.03 Å². The molecular weight excluding hydrogens is 362 g/mol. The topological polar surface area (TPSA) is 52.7 Å². The molecule has 1 fully saturated rings. The zero-order valence-electron chi connectivity index (χ0n) is 15.7. The fourth-order valence-electron chi connectivity index (χ4n) is 3.57. The number of likely N-dealkylation sites (N-methyl/N-ethyl adjacent to an activating group) is 1. The molecule has 1 saturated heterocycles. The predicted octanol–water partition coefficient (Wildman–Crippen LogP) is 3.66. The zero-order valence-corrected chi connectivity index (χ0v) is 16.4. The third kappa shape index (κ3) is 5.13. The summed E-state index contributed by atoms with van der Waals surface area (Å²) >= 11 is 6.00. The van der Waals surface area contributed by atoms with E-state index in [4.69, 9.17) is 11.6 Å². The Bertz CT molecular complexity index is 745. The molecule has 144 valence electrons. The van der Waals surface area contributed by atoms with Gasteiger partial charge in [0.05, 0.1) is 0 Å². The minimum atomic E-state index is -0.380. The highest BCUT2D eigenvalue weighted by Gasteiger charge is 2.35. The van der Waals surface area contributed by atoms with Gasteiger partial charge in [0, 0.05) is 31.7 Å². The molecule has 1 aliphatic carbocycles. The molecule has 2 aliphatic rings. The van der Waals surface area contributed by atoms with Crippen LogP contribution in [-0.2, 0) is 11.3 Å². The largest absolute Gasteiger partial charge is 0.340 e. The van der Waals surface area contributed by atoms with Gasteiger partial charge in [0.2, 0.25) is 5.91 Å². The summed E-state index contributed by atoms with van der Waals surface area (Å²) in [5.74, 6) is 0.00362. The Kier molecular flexibility index (Phi) is 6.56. The van der Waals surface area contributed by atoms with Crippen molar-refractivity contribution < 1.29 is 9.59 Å². The van der Waals surface area contributed by atoms with E-state index in [1.165, 1.54) is 5.57 Å². The number of halogens is 1. The first kappa shape index (κ1) is 19.5. The summed E-state index contributed by atoms with van der Waals surface area (Å²) < 4.78 is 0. The molecule has 1 aliphatic heterocycles. The molecule has 5 nitrogen and oxygen atoms in total. The lowest BCUT2D eigenvalue weighted by Crippen LogP contribution is -2.50. The van der Waals surface area contributed by atoms with Crippen LogP contribution in [0.1, 0.15) is 31.2 Å². The summed E-state index contributed by atoms with van der Waals surface area (Å²) in [5, 5.41) is 3.79. The van der Waals surface area contributed by atoms with E-state index in [1.807, 2.05) is 49.5 Å². The van der Waals surface area contributed by atoms with E-state index < -0.39 is 0 Å². The van der Waals surface area contributed by atoms with Gasteiger partial charge in [0.25, 0.3) is 0 Å². The predicted molar refractivity (Wildman–Crippen MR) is 107 cm³/mol. The fourth-order valence-corrected chi connectivity index (χ4v) is 3.72. The van der Waals surface area contributed by atoms with Crippen LogP contribution in [0.4, 0.5) is 4.79 Å². The lowest BCUT2D eigenvalue weighted by atomic mass is 10.0. The first-order chi connectivity index (χ1) is 13.0. The van der Waals surface area contributed by atoms with Gasteiger partial charge in [-0.25, -0.2) is 4.79 Å². The molecule has 0 radical (unpaired) electrons. The second kappa shape index (κ2) is 9.09. The number of rotatable bonds is 5. The summed E-state index contributed by atoms with van der Waals surface area (Å²) in [4.78, 5) is 28.9. The number of benzene rings is 1. The van der Waals surface area contributed by atoms with Crippen molar-refractivity contribution in [3.63, 3.8) is 0 Å². The maximum atomic E-state index is 12.9. The quantitative estimate of drug-likeness (QED) is 0.838. The van der Waals surface area contributed by atoms with Crippen LogP contribution in [0.3, 0.4) is 0 Å². The summed E-state index contributed by atoms with van der Waals surface area (Å²) in [7, 11) is 1.81. The highest BCUT2D eigenvalue weighted by Crippen LogP contribution is 2.23. The SMILES string of the molecule is CN(CC1=CC=C(Cl)CC1)C(=O)[C@H]1CCCN1C(=O)NCc1ccccc1. The summed E-state index contributed by atoms with van der Waals surface area (Å²) in [6, 6.07) is 9.23. The molecule has 1 aromatic rings. The molecular formula is C21H26ClN3O2. The number of urea groups is 1. The van der Waals surface area contributed by atoms with E-state index in [9.17, 15) is 9.59 Å². The van der Waals surface area contributed by atoms with Crippen LogP contribution in [0, 0.1) is 0 Å². The lowest BCUT2D eigenvalue weighted by molar-refractivity contribution is -0.133. The Labute approximate surface area is 165 Å². The van der Waals surface area contributed by atoms with Gasteiger partial charge in [0.1, 0.15) is 6.04 Å². The zero-order chi connectivity index (χ0) is 19.2. The Morgan fingerprint density at radius 1 is 1.22 bits per heavy atom. The molecule has 0 unspecified atom stereocenters. The molecule has 3 rings (SSSR count). The number of carbonyl (C=O) groups is 2. The molecule has 1 heterocycles. The second-order valence-corrected chi connectivity index (χ2v) is 7.61. The molecule has 1 N–H and O–H groups in total. The number of likely N-dealkylation sites (tertiary alicyclic amines) is 1. The Morgan fingerprint density at radius 3 is 2.70 bits per heavy atom. The Hall–Kier alpha value is -2.27. The third-order valence-electron chi connectivity index (χ3n) is 5.09. The van der Waals surface area contributed by atoms with Crippen molar-refractivity contribution in [3.05, 3.63) is 58.7 Å². The van der Waals surface area contributed by atoms with E-state index in [0.717, 1.165) is 29.9 Å². The molecule has 1 aromatic carbocycles. The molecule has 0 spiro atoms. The van der Waals surface area contributed by atoms with Crippen molar-refractivity contribution >= 4 is 23.5 Å². The van der Waals surface area contributed by atoms with Crippen LogP contribution in [-0.4, -0.2) is 47.9 Å². The average Bonchev–Trinajstić information content (AvgIpc) is 3.18. The van der Waals surface area contributed by atoms with Crippen LogP contribution < -0.4 is 5.32 Å². The van der Waals surface area contributed by atoms with Crippen LogP contribution >= 0.6 is 11.6 Å². The van der Waals surface area contributed by atoms with Gasteiger partial charge in [-0.15, -0.1) is 0 Å². The normalized spacial score (nSPS) is 19.3. The van der Waals surface area contributed by atoms with Crippen LogP contribution in [0.2, 0.25) is 0 Å². The molecule has 27 heavy (non-hydrogen) atoms. The van der Waals surface area contributed by atoms with E-state index in [-0.39, 0.29) is 18.0 Å².